The summed E-state index contributed by atoms with van der Waals surface area (Å²) in [5.74, 6) is -0.0930. The van der Waals surface area contributed by atoms with Gasteiger partial charge in [0.1, 0.15) is 0 Å². The molecule has 0 bridgehead atoms. The molecule has 1 aliphatic carbocycles. The maximum Gasteiger partial charge on any atom is 0.243 e. The predicted molar refractivity (Wildman–Crippen MR) is 110 cm³/mol. The number of benzene rings is 2. The molecule has 5 nitrogen and oxygen atoms in total. The van der Waals surface area contributed by atoms with Gasteiger partial charge in [0, 0.05) is 18.8 Å². The molecule has 28 heavy (non-hydrogen) atoms. The first-order chi connectivity index (χ1) is 13.5. The third-order valence-electron chi connectivity index (χ3n) is 5.62. The third kappa shape index (κ3) is 4.13. The van der Waals surface area contributed by atoms with Gasteiger partial charge in [-0.2, -0.15) is 4.31 Å². The molecule has 0 saturated carbocycles. The number of anilines is 1. The summed E-state index contributed by atoms with van der Waals surface area (Å²) in [5, 5.41) is 2.87. The van der Waals surface area contributed by atoms with E-state index >= 15 is 0 Å². The average Bonchev–Trinajstić information content (AvgIpc) is 3.17. The smallest absolute Gasteiger partial charge is 0.243 e. The standard InChI is InChI=1S/C22H26N2O3S/c25-22(16-17-7-8-18-5-4-6-19(18)15-17)23-20-9-11-21(12-10-20)28(26,27)24-13-2-1-3-14-24/h7-12,15H,1-6,13-14,16H2,(H,23,25). The Labute approximate surface area is 166 Å². The van der Waals surface area contributed by atoms with Crippen molar-refractivity contribution in [2.75, 3.05) is 18.4 Å². The minimum Gasteiger partial charge on any atom is -0.326 e. The molecule has 2 aromatic carbocycles. The fourth-order valence-electron chi connectivity index (χ4n) is 4.09. The van der Waals surface area contributed by atoms with Gasteiger partial charge in [-0.3, -0.25) is 4.79 Å². The number of rotatable bonds is 5. The van der Waals surface area contributed by atoms with Crippen LogP contribution < -0.4 is 5.32 Å². The van der Waals surface area contributed by atoms with Crippen molar-refractivity contribution >= 4 is 21.6 Å². The Morgan fingerprint density at radius 3 is 2.36 bits per heavy atom. The van der Waals surface area contributed by atoms with Crippen molar-refractivity contribution in [1.29, 1.82) is 0 Å². The molecule has 0 spiro atoms. The van der Waals surface area contributed by atoms with E-state index in [1.54, 1.807) is 28.6 Å². The summed E-state index contributed by atoms with van der Waals surface area (Å²) in [6.45, 7) is 1.17. The summed E-state index contributed by atoms with van der Waals surface area (Å²) >= 11 is 0. The van der Waals surface area contributed by atoms with E-state index in [0.29, 0.717) is 25.2 Å². The van der Waals surface area contributed by atoms with Gasteiger partial charge in [0.05, 0.1) is 11.3 Å². The van der Waals surface area contributed by atoms with Crippen LogP contribution in [0.2, 0.25) is 0 Å². The van der Waals surface area contributed by atoms with Crippen LogP contribution in [-0.4, -0.2) is 31.7 Å². The van der Waals surface area contributed by atoms with Gasteiger partial charge in [0.25, 0.3) is 0 Å². The largest absolute Gasteiger partial charge is 0.326 e. The van der Waals surface area contributed by atoms with E-state index < -0.39 is 10.0 Å². The molecule has 1 aliphatic heterocycles. The highest BCUT2D eigenvalue weighted by Gasteiger charge is 2.25. The molecule has 148 valence electrons. The molecule has 2 aromatic rings. The number of hydrogen-bond acceptors (Lipinski definition) is 3. The number of hydrogen-bond donors (Lipinski definition) is 1. The van der Waals surface area contributed by atoms with Crippen LogP contribution in [0.4, 0.5) is 5.69 Å². The summed E-state index contributed by atoms with van der Waals surface area (Å²) in [6.07, 6.45) is 6.65. The van der Waals surface area contributed by atoms with E-state index in [0.717, 1.165) is 37.7 Å². The lowest BCUT2D eigenvalue weighted by molar-refractivity contribution is -0.115. The van der Waals surface area contributed by atoms with Gasteiger partial charge < -0.3 is 5.32 Å². The van der Waals surface area contributed by atoms with Crippen molar-refractivity contribution in [2.45, 2.75) is 49.8 Å². The molecule has 4 rings (SSSR count). The van der Waals surface area contributed by atoms with Gasteiger partial charge in [-0.25, -0.2) is 8.42 Å². The highest BCUT2D eigenvalue weighted by atomic mass is 32.2. The SMILES string of the molecule is O=C(Cc1ccc2c(c1)CCC2)Nc1ccc(S(=O)(=O)N2CCCCC2)cc1. The monoisotopic (exact) mass is 398 g/mol. The lowest BCUT2D eigenvalue weighted by Gasteiger charge is -2.25. The van der Waals surface area contributed by atoms with Crippen LogP contribution in [0, 0.1) is 0 Å². The highest BCUT2D eigenvalue weighted by Crippen LogP contribution is 2.24. The first kappa shape index (κ1) is 19.2. The average molecular weight is 399 g/mol. The molecule has 0 unspecified atom stereocenters. The van der Waals surface area contributed by atoms with E-state index in [1.807, 2.05) is 6.07 Å². The summed E-state index contributed by atoms with van der Waals surface area (Å²) in [6, 6.07) is 12.8. The topological polar surface area (TPSA) is 66.5 Å². The van der Waals surface area contributed by atoms with Crippen molar-refractivity contribution in [2.24, 2.45) is 0 Å². The van der Waals surface area contributed by atoms with Gasteiger partial charge in [-0.05, 0) is 73.1 Å². The van der Waals surface area contributed by atoms with Crippen molar-refractivity contribution in [3.63, 3.8) is 0 Å². The molecular weight excluding hydrogens is 372 g/mol. The fourth-order valence-corrected chi connectivity index (χ4v) is 5.61. The number of fused-ring (bicyclic) bond motifs is 1. The minimum atomic E-state index is -3.44. The van der Waals surface area contributed by atoms with E-state index in [2.05, 4.69) is 17.4 Å². The van der Waals surface area contributed by atoms with E-state index in [4.69, 9.17) is 0 Å². The van der Waals surface area contributed by atoms with Crippen molar-refractivity contribution in [3.05, 3.63) is 59.2 Å². The molecule has 0 aromatic heterocycles. The van der Waals surface area contributed by atoms with E-state index in [1.165, 1.54) is 17.5 Å². The minimum absolute atomic E-state index is 0.0930. The predicted octanol–water partition coefficient (Wildman–Crippen LogP) is 3.53. The molecular formula is C22H26N2O3S. The van der Waals surface area contributed by atoms with E-state index in [-0.39, 0.29) is 10.8 Å². The van der Waals surface area contributed by atoms with Crippen LogP contribution >= 0.6 is 0 Å². The second kappa shape index (κ2) is 8.05. The normalized spacial score (nSPS) is 17.3. The molecule has 1 saturated heterocycles. The zero-order valence-electron chi connectivity index (χ0n) is 16.0. The zero-order valence-corrected chi connectivity index (χ0v) is 16.8. The zero-order chi connectivity index (χ0) is 19.6. The third-order valence-corrected chi connectivity index (χ3v) is 7.53. The number of carbonyl (C=O) groups excluding carboxylic acids is 1. The van der Waals surface area contributed by atoms with Crippen molar-refractivity contribution in [1.82, 2.24) is 4.31 Å². The van der Waals surface area contributed by atoms with Crippen molar-refractivity contribution in [3.8, 4) is 0 Å². The van der Waals surface area contributed by atoms with Crippen LogP contribution in [0.25, 0.3) is 0 Å². The molecule has 1 heterocycles. The molecule has 2 aliphatic rings. The number of nitrogens with zero attached hydrogens (tertiary/aromatic N) is 1. The molecule has 1 fully saturated rings. The maximum absolute atomic E-state index is 12.7. The molecule has 0 radical (unpaired) electrons. The Bertz CT molecular complexity index is 962. The van der Waals surface area contributed by atoms with Crippen LogP contribution in [0.3, 0.4) is 0 Å². The van der Waals surface area contributed by atoms with Crippen LogP contribution in [0.5, 0.6) is 0 Å². The Morgan fingerprint density at radius 1 is 0.893 bits per heavy atom. The second-order valence-corrected chi connectivity index (χ2v) is 9.61. The summed E-state index contributed by atoms with van der Waals surface area (Å²) in [4.78, 5) is 12.7. The quantitative estimate of drug-likeness (QED) is 0.838. The molecule has 6 heteroatoms. The number of carbonyl (C=O) groups is 1. The number of aryl methyl sites for hydroxylation is 2. The van der Waals surface area contributed by atoms with Gasteiger partial charge >= 0.3 is 0 Å². The Balaban J connectivity index is 1.39. The second-order valence-electron chi connectivity index (χ2n) is 7.67. The Morgan fingerprint density at radius 2 is 1.61 bits per heavy atom. The summed E-state index contributed by atoms with van der Waals surface area (Å²) in [7, 11) is -3.44. The van der Waals surface area contributed by atoms with Gasteiger partial charge in [-0.15, -0.1) is 0 Å². The Kier molecular flexibility index (Phi) is 5.51. The first-order valence-electron chi connectivity index (χ1n) is 10.0. The van der Waals surface area contributed by atoms with Gasteiger partial charge in [-0.1, -0.05) is 24.6 Å². The summed E-state index contributed by atoms with van der Waals surface area (Å²) < 4.78 is 26.9. The molecule has 0 atom stereocenters. The van der Waals surface area contributed by atoms with E-state index in [9.17, 15) is 13.2 Å². The maximum atomic E-state index is 12.7. The lowest BCUT2D eigenvalue weighted by atomic mass is 10.0. The number of sulfonamides is 1. The van der Waals surface area contributed by atoms with Gasteiger partial charge in [0.15, 0.2) is 0 Å². The number of nitrogens with one attached hydrogen (secondary N) is 1. The van der Waals surface area contributed by atoms with Gasteiger partial charge in [0.2, 0.25) is 15.9 Å². The number of amides is 1. The van der Waals surface area contributed by atoms with Crippen LogP contribution in [0.15, 0.2) is 47.4 Å². The van der Waals surface area contributed by atoms with Crippen LogP contribution in [0.1, 0.15) is 42.4 Å². The fraction of sp³-hybridized carbons (Fsp3) is 0.409. The first-order valence-corrected chi connectivity index (χ1v) is 11.5. The van der Waals surface area contributed by atoms with Crippen LogP contribution in [-0.2, 0) is 34.1 Å². The highest BCUT2D eigenvalue weighted by molar-refractivity contribution is 7.89. The molecule has 1 amide bonds. The Hall–Kier alpha value is -2.18. The van der Waals surface area contributed by atoms with Crippen molar-refractivity contribution < 1.29 is 13.2 Å². The molecule has 1 N–H and O–H groups in total. The lowest BCUT2D eigenvalue weighted by Crippen LogP contribution is -2.35. The summed E-state index contributed by atoms with van der Waals surface area (Å²) in [5.41, 5.74) is 4.39. The number of piperidine rings is 1.